The minimum Gasteiger partial charge on any atom is -0.397 e. The smallest absolute Gasteiger partial charge is 0.169 e. The van der Waals surface area contributed by atoms with Gasteiger partial charge in [-0.1, -0.05) is 24.9 Å². The first-order chi connectivity index (χ1) is 8.56. The first kappa shape index (κ1) is 13.3. The molecule has 1 aromatic rings. The summed E-state index contributed by atoms with van der Waals surface area (Å²) in [7, 11) is 0. The van der Waals surface area contributed by atoms with Crippen molar-refractivity contribution in [1.29, 1.82) is 0 Å². The Bertz CT molecular complexity index is 446. The highest BCUT2D eigenvalue weighted by Crippen LogP contribution is 2.41. The largest absolute Gasteiger partial charge is 0.397 e. The topological polar surface area (TPSA) is 55.3 Å². The summed E-state index contributed by atoms with van der Waals surface area (Å²) in [5.41, 5.74) is 12.5. The van der Waals surface area contributed by atoms with Crippen molar-refractivity contribution in [3.05, 3.63) is 16.9 Å². The van der Waals surface area contributed by atoms with E-state index in [2.05, 4.69) is 6.92 Å². The molecule has 0 amide bonds. The highest BCUT2D eigenvalue weighted by atomic mass is 35.5. The zero-order valence-electron chi connectivity index (χ0n) is 10.5. The highest BCUT2D eigenvalue weighted by molar-refractivity contribution is 6.33. The molecule has 0 spiro atoms. The molecule has 0 bridgehead atoms. The zero-order chi connectivity index (χ0) is 13.3. The molecule has 0 atom stereocenters. The van der Waals surface area contributed by atoms with E-state index in [0.29, 0.717) is 17.4 Å². The van der Waals surface area contributed by atoms with Crippen molar-refractivity contribution in [2.45, 2.75) is 38.6 Å². The molecule has 1 saturated carbocycles. The molecule has 0 heterocycles. The number of nitrogens with two attached hydrogens (primary N) is 2. The summed E-state index contributed by atoms with van der Waals surface area (Å²) in [6, 6.07) is 1.94. The van der Waals surface area contributed by atoms with Crippen molar-refractivity contribution in [2.24, 2.45) is 0 Å². The lowest BCUT2D eigenvalue weighted by atomic mass is 10.2. The van der Waals surface area contributed by atoms with Gasteiger partial charge in [0, 0.05) is 12.6 Å². The highest BCUT2D eigenvalue weighted by Gasteiger charge is 2.32. The van der Waals surface area contributed by atoms with Crippen LogP contribution in [0.2, 0.25) is 5.02 Å². The average Bonchev–Trinajstić information content (AvgIpc) is 3.14. The first-order valence-corrected chi connectivity index (χ1v) is 6.73. The van der Waals surface area contributed by atoms with Crippen LogP contribution in [0.15, 0.2) is 6.07 Å². The number of nitrogen functional groups attached to an aromatic ring is 2. The monoisotopic (exact) mass is 271 g/mol. The van der Waals surface area contributed by atoms with Gasteiger partial charge in [-0.25, -0.2) is 4.39 Å². The fourth-order valence-electron chi connectivity index (χ4n) is 2.14. The third-order valence-electron chi connectivity index (χ3n) is 3.27. The summed E-state index contributed by atoms with van der Waals surface area (Å²) in [6.07, 6.45) is 4.25. The predicted octanol–water partition coefficient (Wildman–Crippen LogP) is 3.41. The van der Waals surface area contributed by atoms with E-state index in [4.69, 9.17) is 23.1 Å². The zero-order valence-corrected chi connectivity index (χ0v) is 11.3. The van der Waals surface area contributed by atoms with E-state index in [-0.39, 0.29) is 10.7 Å². The molecular formula is C13H19ClFN3. The SMILES string of the molecule is CCCCN(c1c(N)cc(N)c(Cl)c1F)C1CC1. The van der Waals surface area contributed by atoms with Crippen LogP contribution < -0.4 is 16.4 Å². The molecule has 0 aliphatic heterocycles. The second-order valence-electron chi connectivity index (χ2n) is 4.81. The van der Waals surface area contributed by atoms with E-state index in [1.807, 2.05) is 4.90 Å². The Kier molecular flexibility index (Phi) is 3.85. The normalized spacial score (nSPS) is 14.8. The summed E-state index contributed by atoms with van der Waals surface area (Å²) < 4.78 is 14.3. The fraction of sp³-hybridized carbons (Fsp3) is 0.538. The van der Waals surface area contributed by atoms with Crippen molar-refractivity contribution < 1.29 is 4.39 Å². The number of halogens is 2. The predicted molar refractivity (Wildman–Crippen MR) is 75.5 cm³/mol. The van der Waals surface area contributed by atoms with Gasteiger partial charge in [-0.2, -0.15) is 0 Å². The maximum atomic E-state index is 14.3. The van der Waals surface area contributed by atoms with Gasteiger partial charge in [0.05, 0.1) is 17.1 Å². The van der Waals surface area contributed by atoms with Gasteiger partial charge in [-0.15, -0.1) is 0 Å². The number of hydrogen-bond donors (Lipinski definition) is 2. The van der Waals surface area contributed by atoms with Crippen LogP contribution in [-0.4, -0.2) is 12.6 Å². The van der Waals surface area contributed by atoms with Gasteiger partial charge in [0.2, 0.25) is 0 Å². The Labute approximate surface area is 112 Å². The van der Waals surface area contributed by atoms with Crippen LogP contribution >= 0.6 is 11.6 Å². The van der Waals surface area contributed by atoms with E-state index in [9.17, 15) is 4.39 Å². The van der Waals surface area contributed by atoms with Crippen LogP contribution in [0.25, 0.3) is 0 Å². The Balaban J connectivity index is 2.37. The molecule has 0 unspecified atom stereocenters. The van der Waals surface area contributed by atoms with E-state index in [1.165, 1.54) is 0 Å². The number of rotatable bonds is 5. The Morgan fingerprint density at radius 2 is 2.06 bits per heavy atom. The molecule has 1 aliphatic carbocycles. The van der Waals surface area contributed by atoms with Gasteiger partial charge in [0.25, 0.3) is 0 Å². The molecule has 0 aromatic heterocycles. The molecule has 4 N–H and O–H groups in total. The standard InChI is InChI=1S/C13H19ClFN3/c1-2-3-6-18(8-4-5-8)13-10(17)7-9(16)11(14)12(13)15/h7-8H,2-6,16-17H2,1H3. The second-order valence-corrected chi connectivity index (χ2v) is 5.19. The maximum Gasteiger partial charge on any atom is 0.169 e. The molecule has 100 valence electrons. The number of unbranched alkanes of at least 4 members (excludes halogenated alkanes) is 1. The molecule has 5 heteroatoms. The number of anilines is 3. The second kappa shape index (κ2) is 5.22. The molecule has 3 nitrogen and oxygen atoms in total. The van der Waals surface area contributed by atoms with Crippen LogP contribution in [0, 0.1) is 5.82 Å². The van der Waals surface area contributed by atoms with Crippen LogP contribution in [0.4, 0.5) is 21.5 Å². The molecule has 1 fully saturated rings. The van der Waals surface area contributed by atoms with Crippen molar-refractivity contribution in [3.63, 3.8) is 0 Å². The molecule has 1 aromatic carbocycles. The van der Waals surface area contributed by atoms with Crippen molar-refractivity contribution in [2.75, 3.05) is 22.9 Å². The van der Waals surface area contributed by atoms with Crippen LogP contribution in [0.3, 0.4) is 0 Å². The number of hydrogen-bond acceptors (Lipinski definition) is 3. The molecule has 18 heavy (non-hydrogen) atoms. The Hall–Kier alpha value is -1.16. The van der Waals surface area contributed by atoms with E-state index < -0.39 is 5.82 Å². The summed E-state index contributed by atoms with van der Waals surface area (Å²) in [5, 5.41) is -0.0265. The van der Waals surface area contributed by atoms with Crippen LogP contribution in [0.1, 0.15) is 32.6 Å². The van der Waals surface area contributed by atoms with Crippen molar-refractivity contribution >= 4 is 28.7 Å². The van der Waals surface area contributed by atoms with Gasteiger partial charge in [0.15, 0.2) is 5.82 Å². The number of benzene rings is 1. The summed E-state index contributed by atoms with van der Waals surface area (Å²) in [6.45, 7) is 2.92. The summed E-state index contributed by atoms with van der Waals surface area (Å²) in [4.78, 5) is 2.04. The van der Waals surface area contributed by atoms with Crippen molar-refractivity contribution in [1.82, 2.24) is 0 Å². The lowest BCUT2D eigenvalue weighted by Crippen LogP contribution is -2.28. The maximum absolute atomic E-state index is 14.3. The Morgan fingerprint density at radius 1 is 1.39 bits per heavy atom. The van der Waals surface area contributed by atoms with Gasteiger partial charge < -0.3 is 16.4 Å². The van der Waals surface area contributed by atoms with Crippen molar-refractivity contribution in [3.8, 4) is 0 Å². The quantitative estimate of drug-likeness (QED) is 0.807. The fourth-order valence-corrected chi connectivity index (χ4v) is 2.28. The van der Waals surface area contributed by atoms with Crippen LogP contribution in [0.5, 0.6) is 0 Å². The molecule has 1 aliphatic rings. The Morgan fingerprint density at radius 3 is 2.61 bits per heavy atom. The third kappa shape index (κ3) is 2.48. The minimum absolute atomic E-state index is 0.0265. The van der Waals surface area contributed by atoms with E-state index >= 15 is 0 Å². The number of nitrogens with zero attached hydrogens (tertiary/aromatic N) is 1. The van der Waals surface area contributed by atoms with E-state index in [0.717, 1.165) is 32.2 Å². The lowest BCUT2D eigenvalue weighted by Gasteiger charge is -2.27. The average molecular weight is 272 g/mol. The first-order valence-electron chi connectivity index (χ1n) is 6.35. The molecular weight excluding hydrogens is 253 g/mol. The van der Waals surface area contributed by atoms with Gasteiger partial charge in [0.1, 0.15) is 5.02 Å². The van der Waals surface area contributed by atoms with Gasteiger partial charge >= 0.3 is 0 Å². The lowest BCUT2D eigenvalue weighted by molar-refractivity contribution is 0.612. The molecule has 2 rings (SSSR count). The molecule has 0 saturated heterocycles. The van der Waals surface area contributed by atoms with Gasteiger partial charge in [-0.3, -0.25) is 0 Å². The van der Waals surface area contributed by atoms with Crippen LogP contribution in [-0.2, 0) is 0 Å². The minimum atomic E-state index is -0.489. The van der Waals surface area contributed by atoms with E-state index in [1.54, 1.807) is 6.07 Å². The summed E-state index contributed by atoms with van der Waals surface area (Å²) in [5.74, 6) is -0.489. The molecule has 0 radical (unpaired) electrons. The summed E-state index contributed by atoms with van der Waals surface area (Å²) >= 11 is 5.88. The van der Waals surface area contributed by atoms with Gasteiger partial charge in [-0.05, 0) is 25.3 Å². The third-order valence-corrected chi connectivity index (χ3v) is 3.65.